The summed E-state index contributed by atoms with van der Waals surface area (Å²) in [5, 5.41) is 18.6. The summed E-state index contributed by atoms with van der Waals surface area (Å²) in [6.07, 6.45) is 4.56. The highest BCUT2D eigenvalue weighted by atomic mass is 16.4. The molecule has 4 atom stereocenters. The van der Waals surface area contributed by atoms with Crippen molar-refractivity contribution in [3.05, 3.63) is 35.4 Å². The van der Waals surface area contributed by atoms with Crippen LogP contribution in [0.2, 0.25) is 0 Å². The predicted molar refractivity (Wildman–Crippen MR) is 108 cm³/mol. The molecule has 0 saturated heterocycles. The van der Waals surface area contributed by atoms with Crippen molar-refractivity contribution in [2.75, 3.05) is 0 Å². The van der Waals surface area contributed by atoms with Crippen LogP contribution in [0.3, 0.4) is 0 Å². The molecule has 2 N–H and O–H groups in total. The van der Waals surface area contributed by atoms with Crippen LogP contribution >= 0.6 is 0 Å². The zero-order valence-corrected chi connectivity index (χ0v) is 17.4. The van der Waals surface area contributed by atoms with Crippen LogP contribution in [0, 0.1) is 23.7 Å². The first-order valence-electron chi connectivity index (χ1n) is 10.1. The molecule has 1 aromatic carbocycles. The second-order valence-corrected chi connectivity index (χ2v) is 8.79. The molecule has 0 spiro atoms. The van der Waals surface area contributed by atoms with Crippen molar-refractivity contribution in [2.24, 2.45) is 23.7 Å². The number of aliphatic hydroxyl groups is 1. The van der Waals surface area contributed by atoms with Gasteiger partial charge in [0.2, 0.25) is 0 Å². The van der Waals surface area contributed by atoms with E-state index in [1.165, 1.54) is 18.4 Å². The van der Waals surface area contributed by atoms with Gasteiger partial charge in [0.1, 0.15) is 0 Å². The van der Waals surface area contributed by atoms with Gasteiger partial charge in [0.25, 0.3) is 0 Å². The molecule has 0 amide bonds. The number of aliphatic carboxylic acids is 1. The zero-order valence-electron chi connectivity index (χ0n) is 17.4. The fourth-order valence-corrected chi connectivity index (χ4v) is 3.71. The van der Waals surface area contributed by atoms with Crippen LogP contribution in [-0.2, 0) is 11.2 Å². The number of aliphatic hydroxyl groups excluding tert-OH is 1. The molecule has 1 aliphatic carbocycles. The largest absolute Gasteiger partial charge is 0.481 e. The minimum Gasteiger partial charge on any atom is -0.481 e. The zero-order chi connectivity index (χ0) is 19.9. The number of hydrogen-bond donors (Lipinski definition) is 2. The fraction of sp³-hybridized carbons (Fsp3) is 0.696. The van der Waals surface area contributed by atoms with E-state index in [-0.39, 0.29) is 6.10 Å². The van der Waals surface area contributed by atoms with Gasteiger partial charge in [0, 0.05) is 0 Å². The molecule has 2 rings (SSSR count). The molecule has 3 heteroatoms. The summed E-state index contributed by atoms with van der Waals surface area (Å²) in [4.78, 5) is 10.8. The smallest absolute Gasteiger partial charge is 0.310 e. The topological polar surface area (TPSA) is 57.5 Å². The first kappa shape index (κ1) is 22.7. The maximum Gasteiger partial charge on any atom is 0.310 e. The highest BCUT2D eigenvalue weighted by Gasteiger charge is 2.28. The Bertz CT molecular complexity index is 533. The number of benzene rings is 1. The van der Waals surface area contributed by atoms with Gasteiger partial charge in [-0.1, -0.05) is 65.3 Å². The summed E-state index contributed by atoms with van der Waals surface area (Å²) in [5.74, 6) is 1.39. The molecule has 148 valence electrons. The third-order valence-electron chi connectivity index (χ3n) is 5.48. The maximum atomic E-state index is 10.8. The first-order valence-corrected chi connectivity index (χ1v) is 10.1. The first-order chi connectivity index (χ1) is 12.1. The normalized spacial score (nSPS) is 24.1. The van der Waals surface area contributed by atoms with E-state index in [0.29, 0.717) is 17.8 Å². The molecule has 0 aromatic heterocycles. The molecule has 0 bridgehead atoms. The minimum atomic E-state index is -0.772. The van der Waals surface area contributed by atoms with Gasteiger partial charge in [0.15, 0.2) is 0 Å². The van der Waals surface area contributed by atoms with Crippen molar-refractivity contribution in [2.45, 2.75) is 79.2 Å². The summed E-state index contributed by atoms with van der Waals surface area (Å²) >= 11 is 0. The van der Waals surface area contributed by atoms with Crippen molar-refractivity contribution < 1.29 is 15.0 Å². The van der Waals surface area contributed by atoms with Crippen LogP contribution in [0.4, 0.5) is 0 Å². The Morgan fingerprint density at radius 1 is 1.08 bits per heavy atom. The fourth-order valence-electron chi connectivity index (χ4n) is 3.71. The molecule has 1 aliphatic rings. The van der Waals surface area contributed by atoms with Crippen molar-refractivity contribution in [1.29, 1.82) is 0 Å². The van der Waals surface area contributed by atoms with E-state index in [9.17, 15) is 9.90 Å². The van der Waals surface area contributed by atoms with Gasteiger partial charge in [-0.05, 0) is 61.0 Å². The van der Waals surface area contributed by atoms with Crippen LogP contribution in [0.15, 0.2) is 24.3 Å². The van der Waals surface area contributed by atoms with Gasteiger partial charge in [-0.3, -0.25) is 4.79 Å². The average molecular weight is 363 g/mol. The van der Waals surface area contributed by atoms with E-state index >= 15 is 0 Å². The van der Waals surface area contributed by atoms with Crippen LogP contribution < -0.4 is 0 Å². The average Bonchev–Trinajstić information content (AvgIpc) is 2.54. The number of carbonyl (C=O) groups is 1. The summed E-state index contributed by atoms with van der Waals surface area (Å²) in [6, 6.07) is 7.87. The SMILES string of the molecule is CC(C)Cc1ccc(C(C)C(=O)O)cc1.CC1CCC(C(C)C)C(O)C1. The van der Waals surface area contributed by atoms with Crippen molar-refractivity contribution in [1.82, 2.24) is 0 Å². The molecule has 26 heavy (non-hydrogen) atoms. The van der Waals surface area contributed by atoms with E-state index in [0.717, 1.165) is 24.3 Å². The number of carboxylic acid groups (broad SMARTS) is 1. The number of carboxylic acids is 1. The molecule has 1 fully saturated rings. The Morgan fingerprint density at radius 3 is 2.08 bits per heavy atom. The van der Waals surface area contributed by atoms with E-state index in [4.69, 9.17) is 5.11 Å². The highest BCUT2D eigenvalue weighted by molar-refractivity contribution is 5.75. The second kappa shape index (κ2) is 10.7. The maximum absolute atomic E-state index is 10.8. The molecule has 1 saturated carbocycles. The van der Waals surface area contributed by atoms with Crippen LogP contribution in [0.25, 0.3) is 0 Å². The highest BCUT2D eigenvalue weighted by Crippen LogP contribution is 2.33. The molecular weight excluding hydrogens is 324 g/mol. The van der Waals surface area contributed by atoms with Crippen molar-refractivity contribution >= 4 is 5.97 Å². The van der Waals surface area contributed by atoms with Crippen LogP contribution in [0.1, 0.15) is 77.8 Å². The standard InChI is InChI=1S/C13H18O2.C10H20O/c1-9(2)8-11-4-6-12(7-5-11)10(3)13(14)15;1-7(2)9-5-4-8(3)6-10(9)11/h4-7,9-10H,8H2,1-3H3,(H,14,15);7-11H,4-6H2,1-3H3. The Balaban J connectivity index is 0.000000273. The molecule has 0 heterocycles. The van der Waals surface area contributed by atoms with E-state index in [1.807, 2.05) is 24.3 Å². The van der Waals surface area contributed by atoms with E-state index in [2.05, 4.69) is 34.6 Å². The number of hydrogen-bond acceptors (Lipinski definition) is 2. The van der Waals surface area contributed by atoms with Crippen molar-refractivity contribution in [3.8, 4) is 0 Å². The molecular formula is C23H38O3. The Hall–Kier alpha value is -1.35. The summed E-state index contributed by atoms with van der Waals surface area (Å²) < 4.78 is 0. The monoisotopic (exact) mass is 362 g/mol. The quantitative estimate of drug-likeness (QED) is 0.726. The third kappa shape index (κ3) is 7.49. The van der Waals surface area contributed by atoms with Gasteiger partial charge >= 0.3 is 5.97 Å². The molecule has 0 aliphatic heterocycles. The third-order valence-corrected chi connectivity index (χ3v) is 5.48. The van der Waals surface area contributed by atoms with Gasteiger partial charge < -0.3 is 10.2 Å². The lowest BCUT2D eigenvalue weighted by Crippen LogP contribution is -2.31. The van der Waals surface area contributed by atoms with Gasteiger partial charge in [-0.25, -0.2) is 0 Å². The summed E-state index contributed by atoms with van der Waals surface area (Å²) in [6.45, 7) is 12.7. The Labute approximate surface area is 159 Å². The van der Waals surface area contributed by atoms with Gasteiger partial charge in [-0.2, -0.15) is 0 Å². The summed E-state index contributed by atoms with van der Waals surface area (Å²) in [7, 11) is 0. The lowest BCUT2D eigenvalue weighted by Gasteiger charge is -2.33. The van der Waals surface area contributed by atoms with Gasteiger partial charge in [-0.15, -0.1) is 0 Å². The molecule has 0 radical (unpaired) electrons. The van der Waals surface area contributed by atoms with Gasteiger partial charge in [0.05, 0.1) is 12.0 Å². The number of rotatable bonds is 5. The van der Waals surface area contributed by atoms with E-state index < -0.39 is 11.9 Å². The van der Waals surface area contributed by atoms with E-state index in [1.54, 1.807) is 6.92 Å². The predicted octanol–water partition coefficient (Wildman–Crippen LogP) is 5.51. The lowest BCUT2D eigenvalue weighted by molar-refractivity contribution is -0.138. The minimum absolute atomic E-state index is 0.0289. The molecule has 1 aromatic rings. The Morgan fingerprint density at radius 2 is 1.65 bits per heavy atom. The summed E-state index contributed by atoms with van der Waals surface area (Å²) in [5.41, 5.74) is 2.14. The molecule has 3 nitrogen and oxygen atoms in total. The van der Waals surface area contributed by atoms with Crippen LogP contribution in [-0.4, -0.2) is 22.3 Å². The lowest BCUT2D eigenvalue weighted by atomic mass is 9.75. The van der Waals surface area contributed by atoms with Crippen LogP contribution in [0.5, 0.6) is 0 Å². The molecule has 4 unspecified atom stereocenters. The second-order valence-electron chi connectivity index (χ2n) is 8.79. The Kier molecular flexibility index (Phi) is 9.35. The van der Waals surface area contributed by atoms with Crippen molar-refractivity contribution in [3.63, 3.8) is 0 Å².